The van der Waals surface area contributed by atoms with E-state index in [2.05, 4.69) is 26.1 Å². The Labute approximate surface area is 191 Å². The molecule has 4 rings (SSSR count). The second-order valence-corrected chi connectivity index (χ2v) is 8.54. The monoisotopic (exact) mass is 469 g/mol. The number of nitrogens with zero attached hydrogens (tertiary/aromatic N) is 7. The molecule has 1 aliphatic rings. The fourth-order valence-corrected chi connectivity index (χ4v) is 4.77. The number of ether oxygens (including phenoxy) is 1. The molecule has 3 aromatic heterocycles. The number of imide groups is 1. The molecular weight excluding hydrogens is 450 g/mol. The Morgan fingerprint density at radius 2 is 2.06 bits per heavy atom. The molecular formula is C20H19N7O5S. The van der Waals surface area contributed by atoms with Crippen molar-refractivity contribution in [3.63, 3.8) is 0 Å². The maximum atomic E-state index is 11.6. The molecule has 0 spiro atoms. The number of nitriles is 1. The third-order valence-electron chi connectivity index (χ3n) is 5.29. The zero-order chi connectivity index (χ0) is 23.9. The van der Waals surface area contributed by atoms with Crippen LogP contribution >= 0.6 is 11.8 Å². The van der Waals surface area contributed by atoms with Crippen LogP contribution in [0.4, 0.5) is 15.5 Å². The number of aryl methyl sites for hydroxylation is 2. The summed E-state index contributed by atoms with van der Waals surface area (Å²) in [6, 6.07) is 2.18. The second kappa shape index (κ2) is 8.55. The number of rotatable bonds is 4. The van der Waals surface area contributed by atoms with E-state index in [1.54, 1.807) is 18.0 Å². The van der Waals surface area contributed by atoms with Crippen molar-refractivity contribution in [3.05, 3.63) is 28.7 Å². The van der Waals surface area contributed by atoms with Crippen molar-refractivity contribution in [3.8, 4) is 11.8 Å². The van der Waals surface area contributed by atoms with Crippen molar-refractivity contribution in [2.45, 2.75) is 43.5 Å². The van der Waals surface area contributed by atoms with Crippen LogP contribution in [0.25, 0.3) is 11.0 Å². The minimum absolute atomic E-state index is 0.0399. The molecule has 3 aromatic rings. The first-order valence-corrected chi connectivity index (χ1v) is 10.7. The number of methoxy groups -OCH3 is 1. The molecule has 0 fully saturated rings. The summed E-state index contributed by atoms with van der Waals surface area (Å²) in [6.07, 6.45) is -0.786. The van der Waals surface area contributed by atoms with E-state index < -0.39 is 23.4 Å². The number of anilines is 1. The highest BCUT2D eigenvalue weighted by atomic mass is 32.2. The van der Waals surface area contributed by atoms with E-state index in [1.165, 1.54) is 0 Å². The Kier molecular flexibility index (Phi) is 5.77. The minimum atomic E-state index is -1.74. The summed E-state index contributed by atoms with van der Waals surface area (Å²) in [6.45, 7) is 3.96. The van der Waals surface area contributed by atoms with Gasteiger partial charge in [-0.05, 0) is 26.7 Å². The van der Waals surface area contributed by atoms with E-state index in [-0.39, 0.29) is 17.1 Å². The van der Waals surface area contributed by atoms with Crippen molar-refractivity contribution < 1.29 is 24.5 Å². The van der Waals surface area contributed by atoms with Crippen LogP contribution in [0.3, 0.4) is 0 Å². The third-order valence-corrected chi connectivity index (χ3v) is 6.44. The van der Waals surface area contributed by atoms with Gasteiger partial charge in [-0.2, -0.15) is 15.3 Å². The van der Waals surface area contributed by atoms with Gasteiger partial charge in [-0.1, -0.05) is 11.8 Å². The van der Waals surface area contributed by atoms with Crippen molar-refractivity contribution in [2.24, 2.45) is 0 Å². The highest BCUT2D eigenvalue weighted by molar-refractivity contribution is 8.00. The quantitative estimate of drug-likeness (QED) is 0.539. The highest BCUT2D eigenvalue weighted by Crippen LogP contribution is 2.38. The first-order valence-electron chi connectivity index (χ1n) is 9.83. The second-order valence-electron chi connectivity index (χ2n) is 7.35. The summed E-state index contributed by atoms with van der Waals surface area (Å²) in [5.41, 5.74) is 3.29. The van der Waals surface area contributed by atoms with Crippen LogP contribution in [0.15, 0.2) is 11.2 Å². The Hall–Kier alpha value is -3.92. The maximum absolute atomic E-state index is 11.6. The van der Waals surface area contributed by atoms with Gasteiger partial charge in [-0.3, -0.25) is 4.98 Å². The van der Waals surface area contributed by atoms with Crippen LogP contribution < -0.4 is 9.64 Å². The number of hydrogen-bond donors (Lipinski definition) is 2. The van der Waals surface area contributed by atoms with Crippen molar-refractivity contribution in [2.75, 3.05) is 12.0 Å². The third kappa shape index (κ3) is 3.89. The Balaban J connectivity index is 1.92. The first-order chi connectivity index (χ1) is 15.7. The predicted octanol–water partition coefficient (Wildman–Crippen LogP) is 2.99. The molecule has 0 aromatic carbocycles. The average molecular weight is 469 g/mol. The number of amides is 2. The summed E-state index contributed by atoms with van der Waals surface area (Å²) in [4.78, 5) is 36.1. The summed E-state index contributed by atoms with van der Waals surface area (Å²) >= 11 is 1.14. The van der Waals surface area contributed by atoms with Gasteiger partial charge < -0.3 is 14.9 Å². The Bertz CT molecular complexity index is 1320. The Morgan fingerprint density at radius 3 is 2.70 bits per heavy atom. The van der Waals surface area contributed by atoms with Crippen LogP contribution in [-0.4, -0.2) is 59.5 Å². The molecule has 12 nitrogen and oxygen atoms in total. The molecule has 0 bridgehead atoms. The average Bonchev–Trinajstić information content (AvgIpc) is 2.99. The summed E-state index contributed by atoms with van der Waals surface area (Å²) in [7, 11) is 1.58. The van der Waals surface area contributed by atoms with Crippen molar-refractivity contribution >= 4 is 40.9 Å². The molecule has 1 unspecified atom stereocenters. The molecule has 0 saturated heterocycles. The van der Waals surface area contributed by atoms with Gasteiger partial charge in [-0.15, -0.1) is 4.90 Å². The molecule has 33 heavy (non-hydrogen) atoms. The normalized spacial score (nSPS) is 15.0. The standard InChI is InChI=1S/C20H19N7O5S/c1-9-7-22-13(10(2)15(9)32-3)8-26-16-14-12(25-26)5-4-11(6-21)33-17(14)24-18(23-16)27(19(28)29)20(30)31/h7,11H,4-5,8H2,1-3H3,(H,28,29)(H,30,31). The SMILES string of the molecule is COc1c(C)cnc(Cn2nc3c4c(nc(N(C(=O)O)C(=O)O)nc42)SC(C#N)CC3)c1C. The van der Waals surface area contributed by atoms with Gasteiger partial charge >= 0.3 is 12.2 Å². The molecule has 170 valence electrons. The van der Waals surface area contributed by atoms with Gasteiger partial charge in [0, 0.05) is 17.3 Å². The van der Waals surface area contributed by atoms with Crippen LogP contribution in [0.5, 0.6) is 5.75 Å². The van der Waals surface area contributed by atoms with Crippen molar-refractivity contribution in [1.29, 1.82) is 5.26 Å². The van der Waals surface area contributed by atoms with Crippen LogP contribution in [0.1, 0.15) is 28.9 Å². The van der Waals surface area contributed by atoms with Crippen molar-refractivity contribution in [1.82, 2.24) is 24.7 Å². The zero-order valence-electron chi connectivity index (χ0n) is 17.9. The van der Waals surface area contributed by atoms with Gasteiger partial charge in [0.1, 0.15) is 10.8 Å². The van der Waals surface area contributed by atoms with Gasteiger partial charge in [0.25, 0.3) is 0 Å². The highest BCUT2D eigenvalue weighted by Gasteiger charge is 2.31. The molecule has 1 atom stereocenters. The van der Waals surface area contributed by atoms with E-state index in [9.17, 15) is 25.1 Å². The van der Waals surface area contributed by atoms with E-state index in [0.29, 0.717) is 40.4 Å². The molecule has 13 heteroatoms. The molecule has 2 N–H and O–H groups in total. The number of carbonyl (C=O) groups is 2. The first kappa shape index (κ1) is 22.3. The molecule has 0 aliphatic carbocycles. The molecule has 0 radical (unpaired) electrons. The lowest BCUT2D eigenvalue weighted by Gasteiger charge is -2.15. The van der Waals surface area contributed by atoms with Gasteiger partial charge in [0.2, 0.25) is 5.95 Å². The summed E-state index contributed by atoms with van der Waals surface area (Å²) in [5.74, 6) is 0.173. The number of carboxylic acid groups (broad SMARTS) is 2. The number of pyridine rings is 1. The van der Waals surface area contributed by atoms with E-state index in [4.69, 9.17) is 4.74 Å². The molecule has 4 heterocycles. The summed E-state index contributed by atoms with van der Waals surface area (Å²) < 4.78 is 7.03. The topological polar surface area (TPSA) is 167 Å². The molecule has 0 saturated carbocycles. The van der Waals surface area contributed by atoms with Crippen LogP contribution in [0, 0.1) is 25.2 Å². The molecule has 1 aliphatic heterocycles. The number of thioether (sulfide) groups is 1. The fourth-order valence-electron chi connectivity index (χ4n) is 3.75. The predicted molar refractivity (Wildman–Crippen MR) is 117 cm³/mol. The maximum Gasteiger partial charge on any atom is 0.424 e. The van der Waals surface area contributed by atoms with Crippen LogP contribution in [0.2, 0.25) is 0 Å². The fraction of sp³-hybridized carbons (Fsp3) is 0.350. The van der Waals surface area contributed by atoms with E-state index in [0.717, 1.165) is 22.9 Å². The minimum Gasteiger partial charge on any atom is -0.496 e. The van der Waals surface area contributed by atoms with E-state index in [1.807, 2.05) is 13.8 Å². The van der Waals surface area contributed by atoms with Gasteiger partial charge in [0.05, 0.1) is 41.7 Å². The zero-order valence-corrected chi connectivity index (χ0v) is 18.8. The van der Waals surface area contributed by atoms with Gasteiger partial charge in [0.15, 0.2) is 5.65 Å². The Morgan fingerprint density at radius 1 is 1.33 bits per heavy atom. The number of aromatic nitrogens is 5. The van der Waals surface area contributed by atoms with Crippen LogP contribution in [-0.2, 0) is 13.0 Å². The van der Waals surface area contributed by atoms with E-state index >= 15 is 0 Å². The lowest BCUT2D eigenvalue weighted by molar-refractivity contribution is 0.183. The lowest BCUT2D eigenvalue weighted by Crippen LogP contribution is -2.36. The van der Waals surface area contributed by atoms with Gasteiger partial charge in [-0.25, -0.2) is 19.3 Å². The number of hydrogen-bond acceptors (Lipinski definition) is 9. The molecule has 2 amide bonds. The summed E-state index contributed by atoms with van der Waals surface area (Å²) in [5, 5.41) is 33.3. The smallest absolute Gasteiger partial charge is 0.424 e. The lowest BCUT2D eigenvalue weighted by atomic mass is 10.1. The largest absolute Gasteiger partial charge is 0.496 e.